The molecular weight excluding hydrogens is 354 g/mol. The molecule has 2 aromatic heterocycles. The normalized spacial score (nSPS) is 11.7. The molecule has 0 atom stereocenters. The van der Waals surface area contributed by atoms with Crippen LogP contribution in [0.1, 0.15) is 5.56 Å². The summed E-state index contributed by atoms with van der Waals surface area (Å²) in [6, 6.07) is 4.57. The summed E-state index contributed by atoms with van der Waals surface area (Å²) in [6.07, 6.45) is -1.76. The lowest BCUT2D eigenvalue weighted by Crippen LogP contribution is -2.04. The van der Waals surface area contributed by atoms with Gasteiger partial charge in [-0.2, -0.15) is 18.2 Å². The molecule has 0 N–H and O–H groups in total. The number of alkyl halides is 3. The van der Waals surface area contributed by atoms with Gasteiger partial charge in [0.15, 0.2) is 0 Å². The maximum absolute atomic E-state index is 12.8. The molecule has 0 aliphatic rings. The minimum atomic E-state index is -4.46. The second kappa shape index (κ2) is 5.82. The van der Waals surface area contributed by atoms with Gasteiger partial charge in [-0.05, 0) is 18.2 Å². The lowest BCUT2D eigenvalue weighted by atomic mass is 10.1. The van der Waals surface area contributed by atoms with Crippen LogP contribution in [0.15, 0.2) is 41.2 Å². The highest BCUT2D eigenvalue weighted by molar-refractivity contribution is 6.38. The summed E-state index contributed by atoms with van der Waals surface area (Å²) < 4.78 is 43.3. The molecule has 1 aromatic carbocycles. The summed E-state index contributed by atoms with van der Waals surface area (Å²) in [5.74, 6) is -0.00939. The minimum Gasteiger partial charge on any atom is -0.334 e. The lowest BCUT2D eigenvalue weighted by molar-refractivity contribution is -0.137. The highest BCUT2D eigenvalue weighted by atomic mass is 35.5. The Kier molecular flexibility index (Phi) is 3.99. The lowest BCUT2D eigenvalue weighted by Gasteiger charge is -2.06. The largest absolute Gasteiger partial charge is 0.416 e. The molecule has 0 radical (unpaired) electrons. The fourth-order valence-corrected chi connectivity index (χ4v) is 2.43. The summed E-state index contributed by atoms with van der Waals surface area (Å²) in [7, 11) is 0. The van der Waals surface area contributed by atoms with Gasteiger partial charge in [-0.1, -0.05) is 34.4 Å². The average Bonchev–Trinajstić information content (AvgIpc) is 2.96. The third-order valence-electron chi connectivity index (χ3n) is 2.94. The van der Waals surface area contributed by atoms with Crippen LogP contribution in [-0.2, 0) is 6.18 Å². The molecule has 3 aromatic rings. The number of pyridine rings is 1. The van der Waals surface area contributed by atoms with Gasteiger partial charge in [0.25, 0.3) is 5.89 Å². The number of hydrogen-bond acceptors (Lipinski definition) is 4. The molecular formula is C14H6Cl2F3N3O. The van der Waals surface area contributed by atoms with Crippen LogP contribution in [0.25, 0.3) is 22.8 Å². The number of benzene rings is 1. The van der Waals surface area contributed by atoms with Crippen LogP contribution >= 0.6 is 23.2 Å². The SMILES string of the molecule is FC(F)(F)c1cccc(-c2nc(-c3c(Cl)cncc3Cl)no2)c1. The molecule has 0 amide bonds. The number of hydrogen-bond donors (Lipinski definition) is 0. The number of halogens is 5. The van der Waals surface area contributed by atoms with E-state index in [4.69, 9.17) is 27.7 Å². The zero-order valence-corrected chi connectivity index (χ0v) is 12.6. The van der Waals surface area contributed by atoms with Gasteiger partial charge in [0.2, 0.25) is 5.82 Å². The molecule has 118 valence electrons. The van der Waals surface area contributed by atoms with Crippen molar-refractivity contribution < 1.29 is 17.7 Å². The van der Waals surface area contributed by atoms with Gasteiger partial charge < -0.3 is 4.52 Å². The first kappa shape index (κ1) is 15.8. The summed E-state index contributed by atoms with van der Waals surface area (Å²) in [6.45, 7) is 0. The monoisotopic (exact) mass is 359 g/mol. The predicted molar refractivity (Wildman–Crippen MR) is 78.0 cm³/mol. The van der Waals surface area contributed by atoms with Crippen molar-refractivity contribution in [3.8, 4) is 22.8 Å². The van der Waals surface area contributed by atoms with Gasteiger partial charge in [0, 0.05) is 18.0 Å². The Balaban J connectivity index is 2.03. The number of nitrogens with zero attached hydrogens (tertiary/aromatic N) is 3. The van der Waals surface area contributed by atoms with E-state index in [1.54, 1.807) is 0 Å². The third kappa shape index (κ3) is 3.16. The maximum Gasteiger partial charge on any atom is 0.416 e. The van der Waals surface area contributed by atoms with Crippen molar-refractivity contribution in [1.82, 2.24) is 15.1 Å². The smallest absolute Gasteiger partial charge is 0.334 e. The third-order valence-corrected chi connectivity index (χ3v) is 3.51. The summed E-state index contributed by atoms with van der Waals surface area (Å²) >= 11 is 12.0. The molecule has 0 saturated carbocycles. The van der Waals surface area contributed by atoms with Gasteiger partial charge in [-0.3, -0.25) is 4.98 Å². The van der Waals surface area contributed by atoms with Gasteiger partial charge in [0.05, 0.1) is 21.2 Å². The first-order valence-electron chi connectivity index (χ1n) is 6.17. The van der Waals surface area contributed by atoms with Crippen molar-refractivity contribution in [2.45, 2.75) is 6.18 Å². The van der Waals surface area contributed by atoms with Crippen LogP contribution < -0.4 is 0 Å². The molecule has 23 heavy (non-hydrogen) atoms. The molecule has 0 aliphatic carbocycles. The topological polar surface area (TPSA) is 51.8 Å². The first-order chi connectivity index (χ1) is 10.9. The van der Waals surface area contributed by atoms with Gasteiger partial charge in [-0.25, -0.2) is 0 Å². The molecule has 0 bridgehead atoms. The molecule has 9 heteroatoms. The Bertz CT molecular complexity index is 844. The Morgan fingerprint density at radius 2 is 1.74 bits per heavy atom. The van der Waals surface area contributed by atoms with E-state index in [-0.39, 0.29) is 27.3 Å². The molecule has 0 unspecified atom stereocenters. The Morgan fingerprint density at radius 3 is 2.39 bits per heavy atom. The standard InChI is InChI=1S/C14H6Cl2F3N3O/c15-9-5-20-6-10(16)11(9)12-21-13(23-22-12)7-2-1-3-8(4-7)14(17,18)19/h1-6H. The Labute approximate surface area is 137 Å². The molecule has 0 saturated heterocycles. The molecule has 0 spiro atoms. The molecule has 4 nitrogen and oxygen atoms in total. The average molecular weight is 360 g/mol. The van der Waals surface area contributed by atoms with Crippen LogP contribution in [0.4, 0.5) is 13.2 Å². The van der Waals surface area contributed by atoms with Gasteiger partial charge in [-0.15, -0.1) is 0 Å². The fourth-order valence-electron chi connectivity index (χ4n) is 1.90. The van der Waals surface area contributed by atoms with Crippen molar-refractivity contribution in [2.75, 3.05) is 0 Å². The predicted octanol–water partition coefficient (Wildman–Crippen LogP) is 5.12. The number of rotatable bonds is 2. The van der Waals surface area contributed by atoms with E-state index in [1.807, 2.05) is 0 Å². The first-order valence-corrected chi connectivity index (χ1v) is 6.92. The van der Waals surface area contributed by atoms with Crippen LogP contribution in [0.3, 0.4) is 0 Å². The minimum absolute atomic E-state index is 0.0646. The van der Waals surface area contributed by atoms with E-state index in [0.717, 1.165) is 12.1 Å². The van der Waals surface area contributed by atoms with Gasteiger partial charge in [0.1, 0.15) is 0 Å². The zero-order chi connectivity index (χ0) is 16.6. The molecule has 3 rings (SSSR count). The summed E-state index contributed by atoms with van der Waals surface area (Å²) in [5, 5.41) is 4.12. The molecule has 2 heterocycles. The quantitative estimate of drug-likeness (QED) is 0.636. The second-order valence-corrected chi connectivity index (χ2v) is 5.29. The Hall–Kier alpha value is -2.12. The van der Waals surface area contributed by atoms with Crippen molar-refractivity contribution in [2.24, 2.45) is 0 Å². The highest BCUT2D eigenvalue weighted by Crippen LogP contribution is 2.34. The maximum atomic E-state index is 12.8. The van der Waals surface area contributed by atoms with E-state index in [9.17, 15) is 13.2 Å². The van der Waals surface area contributed by atoms with Crippen LogP contribution in [-0.4, -0.2) is 15.1 Å². The van der Waals surface area contributed by atoms with E-state index in [1.165, 1.54) is 24.5 Å². The van der Waals surface area contributed by atoms with E-state index >= 15 is 0 Å². The van der Waals surface area contributed by atoms with E-state index in [0.29, 0.717) is 5.56 Å². The second-order valence-electron chi connectivity index (χ2n) is 4.48. The highest BCUT2D eigenvalue weighted by Gasteiger charge is 2.31. The Morgan fingerprint density at radius 1 is 1.04 bits per heavy atom. The van der Waals surface area contributed by atoms with E-state index in [2.05, 4.69) is 15.1 Å². The fraction of sp³-hybridized carbons (Fsp3) is 0.0714. The number of aromatic nitrogens is 3. The van der Waals surface area contributed by atoms with Crippen molar-refractivity contribution >= 4 is 23.2 Å². The summed E-state index contributed by atoms with van der Waals surface area (Å²) in [4.78, 5) is 7.85. The van der Waals surface area contributed by atoms with Crippen LogP contribution in [0.2, 0.25) is 10.0 Å². The van der Waals surface area contributed by atoms with Crippen molar-refractivity contribution in [1.29, 1.82) is 0 Å². The van der Waals surface area contributed by atoms with Gasteiger partial charge >= 0.3 is 6.18 Å². The van der Waals surface area contributed by atoms with E-state index < -0.39 is 11.7 Å². The van der Waals surface area contributed by atoms with Crippen LogP contribution in [0.5, 0.6) is 0 Å². The van der Waals surface area contributed by atoms with Crippen LogP contribution in [0, 0.1) is 0 Å². The van der Waals surface area contributed by atoms with Crippen molar-refractivity contribution in [3.05, 3.63) is 52.3 Å². The zero-order valence-electron chi connectivity index (χ0n) is 11.1. The van der Waals surface area contributed by atoms with Crippen molar-refractivity contribution in [3.63, 3.8) is 0 Å². The summed E-state index contributed by atoms with van der Waals surface area (Å²) in [5.41, 5.74) is -0.375. The molecule has 0 fully saturated rings. The molecule has 0 aliphatic heterocycles.